The van der Waals surface area contributed by atoms with E-state index in [-0.39, 0.29) is 6.10 Å². The van der Waals surface area contributed by atoms with Crippen molar-refractivity contribution < 1.29 is 14.2 Å². The standard InChI is InChI=1S/C21H35NO3/c1-6-13-22(7-2)14-9-11-17-10-8-12-20(23-5)19(17)15-18-16-24-21(3,4)25-18/h8,10,12,18H,6-7,9,11,13-16H2,1-5H3. The third-order valence-corrected chi connectivity index (χ3v) is 4.86. The molecule has 1 aliphatic heterocycles. The lowest BCUT2D eigenvalue weighted by atomic mass is 9.97. The van der Waals surface area contributed by atoms with Crippen molar-refractivity contribution in [2.45, 2.75) is 65.3 Å². The van der Waals surface area contributed by atoms with E-state index in [9.17, 15) is 0 Å². The quantitative estimate of drug-likeness (QED) is 0.637. The molecule has 1 fully saturated rings. The molecule has 1 aromatic carbocycles. The predicted octanol–water partition coefficient (Wildman–Crippen LogP) is 4.05. The number of nitrogens with zero attached hydrogens (tertiary/aromatic N) is 1. The molecule has 4 heteroatoms. The summed E-state index contributed by atoms with van der Waals surface area (Å²) in [5, 5.41) is 0. The molecule has 0 aliphatic carbocycles. The zero-order valence-corrected chi connectivity index (χ0v) is 16.6. The van der Waals surface area contributed by atoms with E-state index in [0.717, 1.165) is 31.7 Å². The summed E-state index contributed by atoms with van der Waals surface area (Å²) in [7, 11) is 1.75. The molecule has 4 nitrogen and oxygen atoms in total. The van der Waals surface area contributed by atoms with Gasteiger partial charge in [0.05, 0.1) is 19.8 Å². The van der Waals surface area contributed by atoms with Gasteiger partial charge in [-0.2, -0.15) is 0 Å². The van der Waals surface area contributed by atoms with E-state index in [1.54, 1.807) is 7.11 Å². The summed E-state index contributed by atoms with van der Waals surface area (Å²) in [6.45, 7) is 12.5. The van der Waals surface area contributed by atoms with E-state index in [2.05, 4.69) is 36.9 Å². The molecule has 1 aliphatic rings. The van der Waals surface area contributed by atoms with Gasteiger partial charge in [-0.1, -0.05) is 26.0 Å². The second-order valence-corrected chi connectivity index (χ2v) is 7.29. The minimum absolute atomic E-state index is 0.0947. The number of rotatable bonds is 10. The third kappa shape index (κ3) is 5.98. The first-order valence-corrected chi connectivity index (χ1v) is 9.68. The van der Waals surface area contributed by atoms with Crippen LogP contribution in [0.3, 0.4) is 0 Å². The highest BCUT2D eigenvalue weighted by Crippen LogP contribution is 2.30. The Kier molecular flexibility index (Phi) is 7.73. The molecule has 0 N–H and O–H groups in total. The van der Waals surface area contributed by atoms with Crippen molar-refractivity contribution in [2.75, 3.05) is 33.4 Å². The summed E-state index contributed by atoms with van der Waals surface area (Å²) in [5.41, 5.74) is 2.65. The van der Waals surface area contributed by atoms with Gasteiger partial charge < -0.3 is 19.1 Å². The van der Waals surface area contributed by atoms with Crippen LogP contribution in [0.2, 0.25) is 0 Å². The lowest BCUT2D eigenvalue weighted by molar-refractivity contribution is -0.138. The van der Waals surface area contributed by atoms with Gasteiger partial charge in [-0.3, -0.25) is 0 Å². The molecule has 1 saturated heterocycles. The van der Waals surface area contributed by atoms with Crippen molar-refractivity contribution in [3.05, 3.63) is 29.3 Å². The second kappa shape index (κ2) is 9.56. The molecule has 0 saturated carbocycles. The summed E-state index contributed by atoms with van der Waals surface area (Å²) in [5.74, 6) is 0.487. The molecule has 1 heterocycles. The maximum absolute atomic E-state index is 6.01. The van der Waals surface area contributed by atoms with Crippen LogP contribution >= 0.6 is 0 Å². The van der Waals surface area contributed by atoms with Crippen molar-refractivity contribution in [2.24, 2.45) is 0 Å². The average Bonchev–Trinajstić information content (AvgIpc) is 2.93. The normalized spacial score (nSPS) is 19.5. The Labute approximate surface area is 153 Å². The summed E-state index contributed by atoms with van der Waals surface area (Å²) in [6.07, 6.45) is 4.39. The Morgan fingerprint density at radius 3 is 2.64 bits per heavy atom. The SMILES string of the molecule is CCCN(CC)CCCc1cccc(OC)c1CC1COC(C)(C)O1. The number of benzene rings is 1. The molecule has 25 heavy (non-hydrogen) atoms. The van der Waals surface area contributed by atoms with Crippen LogP contribution in [0, 0.1) is 0 Å². The molecule has 1 aromatic rings. The first kappa shape index (κ1) is 20.2. The molecule has 0 radical (unpaired) electrons. The number of methoxy groups -OCH3 is 1. The Balaban J connectivity index is 2.02. The number of ether oxygens (including phenoxy) is 3. The summed E-state index contributed by atoms with van der Waals surface area (Å²) in [6, 6.07) is 6.38. The van der Waals surface area contributed by atoms with Crippen LogP contribution in [0.25, 0.3) is 0 Å². The van der Waals surface area contributed by atoms with Crippen LogP contribution in [0.4, 0.5) is 0 Å². The maximum atomic E-state index is 6.01. The van der Waals surface area contributed by atoms with Gasteiger partial charge in [-0.25, -0.2) is 0 Å². The average molecular weight is 350 g/mol. The molecule has 2 rings (SSSR count). The Bertz CT molecular complexity index is 530. The highest BCUT2D eigenvalue weighted by Gasteiger charge is 2.33. The van der Waals surface area contributed by atoms with Crippen LogP contribution in [-0.2, 0) is 22.3 Å². The van der Waals surface area contributed by atoms with Gasteiger partial charge in [0.15, 0.2) is 5.79 Å². The molecule has 0 bridgehead atoms. The fraction of sp³-hybridized carbons (Fsp3) is 0.714. The monoisotopic (exact) mass is 349 g/mol. The van der Waals surface area contributed by atoms with E-state index >= 15 is 0 Å². The van der Waals surface area contributed by atoms with Crippen molar-refractivity contribution in [3.8, 4) is 5.75 Å². The topological polar surface area (TPSA) is 30.9 Å². The summed E-state index contributed by atoms with van der Waals surface area (Å²) >= 11 is 0. The van der Waals surface area contributed by atoms with E-state index in [0.29, 0.717) is 6.61 Å². The highest BCUT2D eigenvalue weighted by atomic mass is 16.7. The third-order valence-electron chi connectivity index (χ3n) is 4.86. The van der Waals surface area contributed by atoms with Crippen LogP contribution in [0.1, 0.15) is 51.7 Å². The van der Waals surface area contributed by atoms with Crippen LogP contribution < -0.4 is 4.74 Å². The number of hydrogen-bond acceptors (Lipinski definition) is 4. The number of hydrogen-bond donors (Lipinski definition) is 0. The van der Waals surface area contributed by atoms with Crippen molar-refractivity contribution in [1.82, 2.24) is 4.90 Å². The number of aryl methyl sites for hydroxylation is 1. The minimum atomic E-state index is -0.478. The van der Waals surface area contributed by atoms with E-state index < -0.39 is 5.79 Å². The molecule has 0 spiro atoms. The molecular formula is C21H35NO3. The van der Waals surface area contributed by atoms with Gasteiger partial charge >= 0.3 is 0 Å². The van der Waals surface area contributed by atoms with Crippen molar-refractivity contribution >= 4 is 0 Å². The predicted molar refractivity (Wildman–Crippen MR) is 102 cm³/mol. The lowest BCUT2D eigenvalue weighted by Crippen LogP contribution is -2.26. The van der Waals surface area contributed by atoms with Crippen LogP contribution in [0.15, 0.2) is 18.2 Å². The lowest BCUT2D eigenvalue weighted by Gasteiger charge is -2.21. The fourth-order valence-electron chi connectivity index (χ4n) is 3.60. The zero-order chi connectivity index (χ0) is 18.3. The largest absolute Gasteiger partial charge is 0.496 e. The minimum Gasteiger partial charge on any atom is -0.496 e. The van der Waals surface area contributed by atoms with Gasteiger partial charge in [0.25, 0.3) is 0 Å². The fourth-order valence-corrected chi connectivity index (χ4v) is 3.60. The van der Waals surface area contributed by atoms with E-state index in [4.69, 9.17) is 14.2 Å². The Hall–Kier alpha value is -1.10. The summed E-state index contributed by atoms with van der Waals surface area (Å²) < 4.78 is 17.4. The smallest absolute Gasteiger partial charge is 0.163 e. The Morgan fingerprint density at radius 1 is 1.24 bits per heavy atom. The Morgan fingerprint density at radius 2 is 2.04 bits per heavy atom. The van der Waals surface area contributed by atoms with Crippen molar-refractivity contribution in [3.63, 3.8) is 0 Å². The first-order chi connectivity index (χ1) is 12.0. The molecule has 0 amide bonds. The molecular weight excluding hydrogens is 314 g/mol. The van der Waals surface area contributed by atoms with E-state index in [1.165, 1.54) is 30.5 Å². The van der Waals surface area contributed by atoms with Gasteiger partial charge in [0, 0.05) is 6.42 Å². The molecule has 142 valence electrons. The van der Waals surface area contributed by atoms with Gasteiger partial charge in [0.2, 0.25) is 0 Å². The zero-order valence-electron chi connectivity index (χ0n) is 16.6. The van der Waals surface area contributed by atoms with Crippen molar-refractivity contribution in [1.29, 1.82) is 0 Å². The maximum Gasteiger partial charge on any atom is 0.163 e. The highest BCUT2D eigenvalue weighted by molar-refractivity contribution is 5.41. The molecule has 1 atom stereocenters. The molecule has 1 unspecified atom stereocenters. The summed E-state index contributed by atoms with van der Waals surface area (Å²) in [4.78, 5) is 2.52. The van der Waals surface area contributed by atoms with Gasteiger partial charge in [-0.15, -0.1) is 0 Å². The van der Waals surface area contributed by atoms with Crippen LogP contribution in [-0.4, -0.2) is 50.1 Å². The van der Waals surface area contributed by atoms with Gasteiger partial charge in [0.1, 0.15) is 5.75 Å². The van der Waals surface area contributed by atoms with Crippen LogP contribution in [0.5, 0.6) is 5.75 Å². The second-order valence-electron chi connectivity index (χ2n) is 7.29. The first-order valence-electron chi connectivity index (χ1n) is 9.68. The molecule has 0 aromatic heterocycles. The van der Waals surface area contributed by atoms with E-state index in [1.807, 2.05) is 13.8 Å². The van der Waals surface area contributed by atoms with Gasteiger partial charge in [-0.05, 0) is 69.9 Å².